The van der Waals surface area contributed by atoms with Gasteiger partial charge in [0.05, 0.1) is 65.0 Å². The number of hydrogen-bond acceptors (Lipinski definition) is 11. The van der Waals surface area contributed by atoms with Crippen LogP contribution in [0.2, 0.25) is 0 Å². The van der Waals surface area contributed by atoms with E-state index < -0.39 is 58.5 Å². The van der Waals surface area contributed by atoms with E-state index in [0.717, 1.165) is 92.6 Å². The molecule has 11 heteroatoms. The first-order valence-corrected chi connectivity index (χ1v) is 25.5. The maximum atomic E-state index is 12.9. The van der Waals surface area contributed by atoms with Gasteiger partial charge in [0.25, 0.3) is 0 Å². The molecule has 4 saturated carbocycles. The maximum Gasteiger partial charge on any atom is 0.174 e. The number of aliphatic hydroxyl groups excluding tert-OH is 3. The molecule has 4 aliphatic heterocycles. The molecule has 0 radical (unpaired) electrons. The van der Waals surface area contributed by atoms with Crippen molar-refractivity contribution in [3.05, 3.63) is 46.1 Å². The quantitative estimate of drug-likeness (QED) is 0.192. The summed E-state index contributed by atoms with van der Waals surface area (Å²) in [5, 5.41) is 60.7. The van der Waals surface area contributed by atoms with Gasteiger partial charge in [-0.15, -0.1) is 0 Å². The Kier molecular flexibility index (Phi) is 8.39. The highest BCUT2D eigenvalue weighted by molar-refractivity contribution is 5.44. The molecule has 350 valence electrons. The molecule has 5 N–H and O–H groups in total. The number of ether oxygens (including phenoxy) is 4. The molecular weight excluding hydrogens is 809 g/mol. The van der Waals surface area contributed by atoms with Crippen LogP contribution in [-0.2, 0) is 44.6 Å². The first-order valence-electron chi connectivity index (χ1n) is 25.5. The van der Waals surface area contributed by atoms with E-state index in [1.807, 2.05) is 19.9 Å². The average molecular weight is 883 g/mol. The van der Waals surface area contributed by atoms with Crippen LogP contribution in [0.3, 0.4) is 0 Å². The number of nitrogens with zero attached hydrogens (tertiary/aromatic N) is 2. The summed E-state index contributed by atoms with van der Waals surface area (Å²) in [4.78, 5) is 11.1. The van der Waals surface area contributed by atoms with Crippen LogP contribution in [0.1, 0.15) is 142 Å². The van der Waals surface area contributed by atoms with Crippen molar-refractivity contribution in [2.45, 2.75) is 204 Å². The normalized spacial score (nSPS) is 58.2. The van der Waals surface area contributed by atoms with Crippen LogP contribution in [0.25, 0.3) is 0 Å². The topological polar surface area (TPSA) is 164 Å². The molecule has 0 amide bonds. The van der Waals surface area contributed by atoms with E-state index in [9.17, 15) is 25.5 Å². The Bertz CT molecular complexity index is 2270. The molecule has 11 nitrogen and oxygen atoms in total. The van der Waals surface area contributed by atoms with Crippen molar-refractivity contribution >= 4 is 0 Å². The molecule has 1 aromatic heterocycles. The van der Waals surface area contributed by atoms with Gasteiger partial charge in [-0.05, 0) is 132 Å². The second-order valence-electron chi connectivity index (χ2n) is 26.0. The van der Waals surface area contributed by atoms with Crippen molar-refractivity contribution < 1.29 is 44.5 Å². The van der Waals surface area contributed by atoms with Gasteiger partial charge >= 0.3 is 0 Å². The van der Waals surface area contributed by atoms with Crippen LogP contribution >= 0.6 is 0 Å². The van der Waals surface area contributed by atoms with E-state index >= 15 is 0 Å². The molecule has 0 bridgehead atoms. The Morgan fingerprint density at radius 3 is 2.05 bits per heavy atom. The summed E-state index contributed by atoms with van der Waals surface area (Å²) in [7, 11) is 0. The first-order chi connectivity index (χ1) is 30.0. The molecule has 4 saturated heterocycles. The van der Waals surface area contributed by atoms with Crippen LogP contribution in [0.15, 0.2) is 23.3 Å². The molecule has 0 aromatic carbocycles. The summed E-state index contributed by atoms with van der Waals surface area (Å²) in [5.41, 5.74) is 2.77. The molecule has 0 unspecified atom stereocenters. The number of rotatable bonds is 0. The van der Waals surface area contributed by atoms with E-state index in [1.165, 1.54) is 5.57 Å². The lowest BCUT2D eigenvalue weighted by Crippen LogP contribution is -2.66. The van der Waals surface area contributed by atoms with Crippen molar-refractivity contribution in [1.82, 2.24) is 9.97 Å². The van der Waals surface area contributed by atoms with E-state index in [1.54, 1.807) is 6.92 Å². The van der Waals surface area contributed by atoms with E-state index in [0.29, 0.717) is 43.4 Å². The zero-order valence-corrected chi connectivity index (χ0v) is 39.5. The summed E-state index contributed by atoms with van der Waals surface area (Å²) in [6.45, 7) is 17.4. The zero-order valence-electron chi connectivity index (χ0n) is 39.5. The van der Waals surface area contributed by atoms with Crippen molar-refractivity contribution in [3.8, 4) is 0 Å². The monoisotopic (exact) mass is 883 g/mol. The highest BCUT2D eigenvalue weighted by atomic mass is 16.7. The minimum absolute atomic E-state index is 0.000864. The van der Waals surface area contributed by atoms with Crippen LogP contribution in [0, 0.1) is 69.0 Å². The minimum atomic E-state index is -1.42. The van der Waals surface area contributed by atoms with Crippen molar-refractivity contribution in [2.75, 3.05) is 6.61 Å². The molecule has 8 fully saturated rings. The van der Waals surface area contributed by atoms with Gasteiger partial charge in [0, 0.05) is 47.8 Å². The second-order valence-corrected chi connectivity index (χ2v) is 26.0. The Balaban J connectivity index is 0.774. The molecule has 1 aromatic rings. The van der Waals surface area contributed by atoms with Crippen LogP contribution in [-0.4, -0.2) is 101 Å². The third kappa shape index (κ3) is 5.06. The summed E-state index contributed by atoms with van der Waals surface area (Å²) >= 11 is 0. The van der Waals surface area contributed by atoms with Crippen molar-refractivity contribution in [1.29, 1.82) is 0 Å². The summed E-state index contributed by atoms with van der Waals surface area (Å²) in [5.74, 6) is -0.545. The van der Waals surface area contributed by atoms with Gasteiger partial charge in [0.1, 0.15) is 11.7 Å². The fraction of sp³-hybridized carbons (Fsp3) is 0.849. The first kappa shape index (κ1) is 42.3. The van der Waals surface area contributed by atoms with Crippen molar-refractivity contribution in [3.63, 3.8) is 0 Å². The van der Waals surface area contributed by atoms with E-state index in [4.69, 9.17) is 28.9 Å². The van der Waals surface area contributed by atoms with E-state index in [-0.39, 0.29) is 58.2 Å². The average Bonchev–Trinajstić information content (AvgIpc) is 3.94. The maximum absolute atomic E-state index is 12.9. The van der Waals surface area contributed by atoms with Gasteiger partial charge in [0.2, 0.25) is 0 Å². The smallest absolute Gasteiger partial charge is 0.174 e. The summed E-state index contributed by atoms with van der Waals surface area (Å²) in [6.07, 6.45) is 13.2. The van der Waals surface area contributed by atoms with Crippen LogP contribution in [0.5, 0.6) is 0 Å². The highest BCUT2D eigenvalue weighted by Crippen LogP contribution is 2.72. The number of aromatic nitrogens is 2. The molecule has 13 rings (SSSR count). The van der Waals surface area contributed by atoms with Gasteiger partial charge < -0.3 is 44.5 Å². The van der Waals surface area contributed by atoms with Gasteiger partial charge in [0.15, 0.2) is 11.6 Å². The molecule has 2 spiro atoms. The highest BCUT2D eigenvalue weighted by Gasteiger charge is 2.77. The van der Waals surface area contributed by atoms with Gasteiger partial charge in [-0.3, -0.25) is 9.97 Å². The lowest BCUT2D eigenvalue weighted by Gasteiger charge is -2.62. The summed E-state index contributed by atoms with van der Waals surface area (Å²) in [6, 6.07) is 0. The Labute approximate surface area is 379 Å². The fourth-order valence-electron chi connectivity index (χ4n) is 18.6. The Hall–Kier alpha value is -1.80. The SMILES string of the molecule is C[C@@H]1[C@@]2(CC[C@](C)(O)CO2)O[C@H]2C=C3[C@@H]4[C@@H](O)C[C@H]5Cc6nc7c(nc6C[C@]5(C)[C@H]4C[C@@H](O)[C@]3(C)[C@]21O)C[C@@H]1CC[C@H]2C3=C[C@@H]4O[C@]5(CCC(C)(C)O5)C[C@@H]4[C@@]3(C)[C@H](O)C[C@@H]2[C@@]1(C)C7. The third-order valence-electron chi connectivity index (χ3n) is 22.6. The minimum Gasteiger partial charge on any atom is -0.392 e. The number of aliphatic hydroxyl groups is 5. The Morgan fingerprint density at radius 1 is 0.688 bits per heavy atom. The van der Waals surface area contributed by atoms with Gasteiger partial charge in [-0.25, -0.2) is 0 Å². The molecule has 8 aliphatic carbocycles. The third-order valence-corrected chi connectivity index (χ3v) is 22.6. The number of fused-ring (bicyclic) bond motifs is 16. The van der Waals surface area contributed by atoms with Gasteiger partial charge in [-0.2, -0.15) is 0 Å². The lowest BCUT2D eigenvalue weighted by molar-refractivity contribution is -0.289. The second kappa shape index (κ2) is 12.7. The standard InChI is InChI=1S/C53H74N2O9/c1-26-52(14-12-46(4,59)25-61-52)63-43-21-33-44-32(20-42(58)50(33,8)53(26,43)60)48(6)24-38-36(16-28(48)17-39(44)56)55-37-23-47(5)27(15-35(37)54-38)9-10-29-30(47)19-41(57)49(7)31(29)18-40-34(49)22-51(62-40)13-11-45(2,3)64-51/h18,21,26-30,32,34,39-44,56-60H,9-17,19-20,22-25H2,1-8H3/t26-,27+,28-,29-,30+,32+,34+,39+,40+,41-,42-,43+,44-,46+,47+,48+,49+,50-,51+,52-,53-/m1/s1. The fourth-order valence-corrected chi connectivity index (χ4v) is 18.6. The molecule has 12 aliphatic rings. The van der Waals surface area contributed by atoms with Gasteiger partial charge in [-0.1, -0.05) is 57.9 Å². The lowest BCUT2D eigenvalue weighted by atomic mass is 9.44. The van der Waals surface area contributed by atoms with Crippen LogP contribution < -0.4 is 0 Å². The predicted molar refractivity (Wildman–Crippen MR) is 235 cm³/mol. The Morgan fingerprint density at radius 2 is 1.38 bits per heavy atom. The predicted octanol–water partition coefficient (Wildman–Crippen LogP) is 6.08. The van der Waals surface area contributed by atoms with E-state index in [2.05, 4.69) is 40.7 Å². The molecule has 64 heavy (non-hydrogen) atoms. The zero-order chi connectivity index (χ0) is 44.7. The molecule has 21 atom stereocenters. The largest absolute Gasteiger partial charge is 0.392 e. The van der Waals surface area contributed by atoms with Crippen molar-refractivity contribution in [2.24, 2.45) is 69.0 Å². The molecule has 5 heterocycles. The number of hydrogen-bond donors (Lipinski definition) is 5. The summed E-state index contributed by atoms with van der Waals surface area (Å²) < 4.78 is 26.5. The van der Waals surface area contributed by atoms with Crippen LogP contribution in [0.4, 0.5) is 0 Å². The molecular formula is C53H74N2O9.